The van der Waals surface area contributed by atoms with Crippen LogP contribution in [0.5, 0.6) is 0 Å². The number of aryl methyl sites for hydroxylation is 1. The summed E-state index contributed by atoms with van der Waals surface area (Å²) in [7, 11) is 1.67. The standard InChI is InChI=1S/C9H12N6O2/c1-14-12-8(11-13-14)5-2-3-6-9(17)10-4-7(16)15(5)6/h5-6H,2-4H2,1H3,(H,10,17)/t5-,6?/m1/s1. The molecular weight excluding hydrogens is 224 g/mol. The van der Waals surface area contributed by atoms with Crippen molar-refractivity contribution in [2.45, 2.75) is 24.9 Å². The van der Waals surface area contributed by atoms with Gasteiger partial charge in [-0.1, -0.05) is 0 Å². The van der Waals surface area contributed by atoms with Gasteiger partial charge in [-0.2, -0.15) is 4.80 Å². The molecule has 0 saturated carbocycles. The second-order valence-corrected chi connectivity index (χ2v) is 4.26. The van der Waals surface area contributed by atoms with Crippen molar-refractivity contribution in [3.8, 4) is 0 Å². The van der Waals surface area contributed by atoms with Gasteiger partial charge < -0.3 is 10.2 Å². The third-order valence-corrected chi connectivity index (χ3v) is 3.21. The first kappa shape index (κ1) is 10.2. The Balaban J connectivity index is 1.92. The number of amides is 2. The van der Waals surface area contributed by atoms with Crippen LogP contribution in [0.15, 0.2) is 0 Å². The minimum Gasteiger partial charge on any atom is -0.345 e. The quantitative estimate of drug-likeness (QED) is 0.632. The number of tetrazole rings is 1. The van der Waals surface area contributed by atoms with Gasteiger partial charge >= 0.3 is 0 Å². The molecule has 1 unspecified atom stereocenters. The normalized spacial score (nSPS) is 28.2. The molecular formula is C9H12N6O2. The molecule has 2 saturated heterocycles. The Bertz CT molecular complexity index is 484. The number of aromatic nitrogens is 4. The molecule has 0 bridgehead atoms. The molecule has 2 amide bonds. The van der Waals surface area contributed by atoms with E-state index in [0.29, 0.717) is 18.7 Å². The zero-order valence-corrected chi connectivity index (χ0v) is 9.33. The van der Waals surface area contributed by atoms with Crippen LogP contribution in [0.1, 0.15) is 24.7 Å². The van der Waals surface area contributed by atoms with Crippen molar-refractivity contribution >= 4 is 11.8 Å². The highest BCUT2D eigenvalue weighted by molar-refractivity contribution is 5.95. The minimum atomic E-state index is -0.370. The first-order chi connectivity index (χ1) is 8.16. The van der Waals surface area contributed by atoms with Gasteiger partial charge in [0.15, 0.2) is 5.82 Å². The van der Waals surface area contributed by atoms with Gasteiger partial charge in [-0.25, -0.2) is 0 Å². The summed E-state index contributed by atoms with van der Waals surface area (Å²) in [6.45, 7) is 0.0616. The Morgan fingerprint density at radius 3 is 2.76 bits per heavy atom. The second kappa shape index (κ2) is 3.51. The Morgan fingerprint density at radius 1 is 1.29 bits per heavy atom. The number of piperazine rings is 1. The van der Waals surface area contributed by atoms with Crippen LogP contribution in [0.2, 0.25) is 0 Å². The molecule has 3 heterocycles. The Kier molecular flexibility index (Phi) is 2.10. The predicted molar refractivity (Wildman–Crippen MR) is 54.4 cm³/mol. The van der Waals surface area contributed by atoms with Gasteiger partial charge in [0.2, 0.25) is 11.8 Å². The van der Waals surface area contributed by atoms with E-state index in [1.807, 2.05) is 0 Å². The van der Waals surface area contributed by atoms with E-state index in [9.17, 15) is 9.59 Å². The Morgan fingerprint density at radius 2 is 2.06 bits per heavy atom. The fourth-order valence-electron chi connectivity index (χ4n) is 2.47. The molecule has 17 heavy (non-hydrogen) atoms. The van der Waals surface area contributed by atoms with E-state index >= 15 is 0 Å². The molecule has 1 N–H and O–H groups in total. The molecule has 0 radical (unpaired) electrons. The Labute approximate surface area is 97.0 Å². The van der Waals surface area contributed by atoms with E-state index < -0.39 is 0 Å². The molecule has 8 heteroatoms. The molecule has 2 fully saturated rings. The molecule has 0 spiro atoms. The maximum Gasteiger partial charge on any atom is 0.243 e. The minimum absolute atomic E-state index is 0.0616. The van der Waals surface area contributed by atoms with Gasteiger partial charge in [-0.3, -0.25) is 9.59 Å². The molecule has 2 atom stereocenters. The van der Waals surface area contributed by atoms with Crippen LogP contribution in [0.4, 0.5) is 0 Å². The summed E-state index contributed by atoms with van der Waals surface area (Å²) >= 11 is 0. The van der Waals surface area contributed by atoms with Crippen LogP contribution in [0.3, 0.4) is 0 Å². The number of fused-ring (bicyclic) bond motifs is 1. The number of nitrogens with one attached hydrogen (secondary N) is 1. The van der Waals surface area contributed by atoms with Crippen molar-refractivity contribution < 1.29 is 9.59 Å². The van der Waals surface area contributed by atoms with Crippen LogP contribution in [0, 0.1) is 0 Å². The average Bonchev–Trinajstić information content (AvgIpc) is 2.89. The van der Waals surface area contributed by atoms with Crippen molar-refractivity contribution in [1.29, 1.82) is 0 Å². The van der Waals surface area contributed by atoms with Crippen molar-refractivity contribution in [1.82, 2.24) is 30.4 Å². The van der Waals surface area contributed by atoms with Gasteiger partial charge in [-0.15, -0.1) is 10.2 Å². The van der Waals surface area contributed by atoms with Crippen molar-refractivity contribution in [2.24, 2.45) is 7.05 Å². The van der Waals surface area contributed by atoms with Crippen molar-refractivity contribution in [3.63, 3.8) is 0 Å². The lowest BCUT2D eigenvalue weighted by Crippen LogP contribution is -2.56. The maximum absolute atomic E-state index is 11.8. The lowest BCUT2D eigenvalue weighted by Gasteiger charge is -2.32. The fourth-order valence-corrected chi connectivity index (χ4v) is 2.47. The van der Waals surface area contributed by atoms with Crippen LogP contribution >= 0.6 is 0 Å². The molecule has 1 aromatic heterocycles. The van der Waals surface area contributed by atoms with Gasteiger partial charge in [0.1, 0.15) is 6.04 Å². The molecule has 2 aliphatic rings. The molecule has 3 rings (SSSR count). The molecule has 1 aromatic rings. The van der Waals surface area contributed by atoms with Crippen molar-refractivity contribution in [2.75, 3.05) is 6.54 Å². The second-order valence-electron chi connectivity index (χ2n) is 4.26. The first-order valence-corrected chi connectivity index (χ1v) is 5.49. The largest absolute Gasteiger partial charge is 0.345 e. The van der Waals surface area contributed by atoms with E-state index in [4.69, 9.17) is 0 Å². The zero-order valence-electron chi connectivity index (χ0n) is 9.33. The van der Waals surface area contributed by atoms with E-state index in [2.05, 4.69) is 20.7 Å². The first-order valence-electron chi connectivity index (χ1n) is 5.49. The highest BCUT2D eigenvalue weighted by Crippen LogP contribution is 2.35. The molecule has 90 valence electrons. The van der Waals surface area contributed by atoms with Crippen LogP contribution in [0.25, 0.3) is 0 Å². The van der Waals surface area contributed by atoms with Gasteiger partial charge in [0.25, 0.3) is 0 Å². The lowest BCUT2D eigenvalue weighted by molar-refractivity contribution is -0.145. The third kappa shape index (κ3) is 1.48. The SMILES string of the molecule is Cn1nnc([C@H]2CCC3C(=O)NCC(=O)N32)n1. The number of nitrogens with zero attached hydrogens (tertiary/aromatic N) is 5. The number of rotatable bonds is 1. The van der Waals surface area contributed by atoms with Crippen molar-refractivity contribution in [3.05, 3.63) is 5.82 Å². The zero-order chi connectivity index (χ0) is 12.0. The number of hydrogen-bond donors (Lipinski definition) is 1. The van der Waals surface area contributed by atoms with Gasteiger partial charge in [0, 0.05) is 0 Å². The van der Waals surface area contributed by atoms with Gasteiger partial charge in [0.05, 0.1) is 19.6 Å². The van der Waals surface area contributed by atoms with Gasteiger partial charge in [-0.05, 0) is 18.1 Å². The summed E-state index contributed by atoms with van der Waals surface area (Å²) in [4.78, 5) is 26.4. The summed E-state index contributed by atoms with van der Waals surface area (Å²) < 4.78 is 0. The topological polar surface area (TPSA) is 93.0 Å². The smallest absolute Gasteiger partial charge is 0.243 e. The Hall–Kier alpha value is -1.99. The van der Waals surface area contributed by atoms with Crippen LogP contribution < -0.4 is 5.32 Å². The summed E-state index contributed by atoms with van der Waals surface area (Å²) in [5.74, 6) is 0.346. The monoisotopic (exact) mass is 236 g/mol. The average molecular weight is 236 g/mol. The molecule has 0 aromatic carbocycles. The van der Waals surface area contributed by atoms with Crippen LogP contribution in [-0.4, -0.2) is 49.5 Å². The van der Waals surface area contributed by atoms with E-state index in [0.717, 1.165) is 0 Å². The highest BCUT2D eigenvalue weighted by Gasteiger charge is 2.45. The number of hydrogen-bond acceptors (Lipinski definition) is 5. The number of carbonyl (C=O) groups is 2. The molecule has 0 aliphatic carbocycles. The summed E-state index contributed by atoms with van der Waals surface area (Å²) in [6, 6.07) is -0.586. The summed E-state index contributed by atoms with van der Waals surface area (Å²) in [5, 5.41) is 14.4. The van der Waals surface area contributed by atoms with E-state index in [1.54, 1.807) is 11.9 Å². The maximum atomic E-state index is 11.8. The fraction of sp³-hybridized carbons (Fsp3) is 0.667. The predicted octanol–water partition coefficient (Wildman–Crippen LogP) is -1.63. The lowest BCUT2D eigenvalue weighted by atomic mass is 10.2. The summed E-state index contributed by atoms with van der Waals surface area (Å²) in [6.07, 6.45) is 1.36. The number of carbonyl (C=O) groups excluding carboxylic acids is 2. The third-order valence-electron chi connectivity index (χ3n) is 3.21. The van der Waals surface area contributed by atoms with E-state index in [-0.39, 0.29) is 30.4 Å². The summed E-state index contributed by atoms with van der Waals surface area (Å²) in [5.41, 5.74) is 0. The van der Waals surface area contributed by atoms with E-state index in [1.165, 1.54) is 4.80 Å². The molecule has 8 nitrogen and oxygen atoms in total. The molecule has 2 aliphatic heterocycles. The highest BCUT2D eigenvalue weighted by atomic mass is 16.2. The van der Waals surface area contributed by atoms with Crippen LogP contribution in [-0.2, 0) is 16.6 Å².